The lowest BCUT2D eigenvalue weighted by Crippen LogP contribution is -2.00. The van der Waals surface area contributed by atoms with Crippen LogP contribution in [-0.2, 0) is 19.6 Å². The number of aromatic nitrogens is 2. The molecule has 20 heavy (non-hydrogen) atoms. The van der Waals surface area contributed by atoms with Gasteiger partial charge in [-0.25, -0.2) is 0 Å². The summed E-state index contributed by atoms with van der Waals surface area (Å²) in [6.07, 6.45) is 6.55. The minimum Gasteiger partial charge on any atom is -0.392 e. The summed E-state index contributed by atoms with van der Waals surface area (Å²) in [5.74, 6) is 0. The van der Waals surface area contributed by atoms with Crippen molar-refractivity contribution in [1.29, 1.82) is 0 Å². The quantitative estimate of drug-likeness (QED) is 0.798. The number of halogens is 1. The molecule has 3 nitrogen and oxygen atoms in total. The molecule has 4 heteroatoms. The highest BCUT2D eigenvalue weighted by Crippen LogP contribution is 2.25. The van der Waals surface area contributed by atoms with Crippen LogP contribution in [0.4, 0.5) is 0 Å². The van der Waals surface area contributed by atoms with E-state index in [0.717, 1.165) is 29.4 Å². The van der Waals surface area contributed by atoms with Crippen LogP contribution in [0.3, 0.4) is 0 Å². The van der Waals surface area contributed by atoms with E-state index in [-0.39, 0.29) is 6.61 Å². The zero-order valence-electron chi connectivity index (χ0n) is 11.0. The average Bonchev–Trinajstić information content (AvgIpc) is 2.83. The van der Waals surface area contributed by atoms with Crippen LogP contribution < -0.4 is 0 Å². The highest BCUT2D eigenvalue weighted by Gasteiger charge is 2.08. The second-order valence-corrected chi connectivity index (χ2v) is 5.22. The summed E-state index contributed by atoms with van der Waals surface area (Å²) >= 11 is 6.07. The Morgan fingerprint density at radius 2 is 2.15 bits per heavy atom. The van der Waals surface area contributed by atoms with Gasteiger partial charge < -0.3 is 9.67 Å². The summed E-state index contributed by atoms with van der Waals surface area (Å²) in [6.45, 7) is 0.876. The third-order valence-corrected chi connectivity index (χ3v) is 3.70. The predicted octanol–water partition coefficient (Wildman–Crippen LogP) is 3.42. The molecule has 0 radical (unpaired) electrons. The van der Waals surface area contributed by atoms with Gasteiger partial charge in [0.15, 0.2) is 0 Å². The molecule has 0 atom stereocenters. The molecule has 0 bridgehead atoms. The van der Waals surface area contributed by atoms with Crippen molar-refractivity contribution in [3.63, 3.8) is 0 Å². The molecule has 2 heterocycles. The van der Waals surface area contributed by atoms with Gasteiger partial charge in [-0.05, 0) is 30.2 Å². The van der Waals surface area contributed by atoms with E-state index < -0.39 is 0 Å². The summed E-state index contributed by atoms with van der Waals surface area (Å²) in [4.78, 5) is 4.12. The molecule has 3 aromatic rings. The van der Waals surface area contributed by atoms with Crippen molar-refractivity contribution in [3.05, 3.63) is 65.1 Å². The molecule has 1 aromatic carbocycles. The maximum absolute atomic E-state index is 9.45. The van der Waals surface area contributed by atoms with Crippen LogP contribution in [0.2, 0.25) is 5.02 Å². The number of nitrogens with zero attached hydrogens (tertiary/aromatic N) is 2. The number of benzene rings is 1. The number of aliphatic hydroxyl groups excluding tert-OH is 1. The number of pyridine rings is 1. The van der Waals surface area contributed by atoms with Crippen LogP contribution in [-0.4, -0.2) is 14.7 Å². The van der Waals surface area contributed by atoms with E-state index in [2.05, 4.69) is 15.6 Å². The predicted molar refractivity (Wildman–Crippen MR) is 80.8 cm³/mol. The lowest BCUT2D eigenvalue weighted by molar-refractivity contribution is 0.283. The summed E-state index contributed by atoms with van der Waals surface area (Å²) in [7, 11) is 0. The molecule has 0 saturated heterocycles. The Hall–Kier alpha value is -1.84. The number of hydrogen-bond donors (Lipinski definition) is 1. The average molecular weight is 287 g/mol. The molecule has 0 fully saturated rings. The maximum Gasteiger partial charge on any atom is 0.0702 e. The molecule has 0 aliphatic rings. The first-order chi connectivity index (χ1) is 9.78. The normalized spacial score (nSPS) is 11.1. The summed E-state index contributed by atoms with van der Waals surface area (Å²) in [6, 6.07) is 9.77. The largest absolute Gasteiger partial charge is 0.392 e. The first-order valence-corrected chi connectivity index (χ1v) is 6.93. The van der Waals surface area contributed by atoms with Crippen molar-refractivity contribution in [2.45, 2.75) is 19.6 Å². The van der Waals surface area contributed by atoms with Gasteiger partial charge in [-0.2, -0.15) is 0 Å². The zero-order chi connectivity index (χ0) is 13.9. The number of rotatable bonds is 4. The van der Waals surface area contributed by atoms with E-state index in [1.165, 1.54) is 5.56 Å². The molecule has 102 valence electrons. The Morgan fingerprint density at radius 3 is 2.90 bits per heavy atom. The van der Waals surface area contributed by atoms with Crippen molar-refractivity contribution in [1.82, 2.24) is 9.55 Å². The number of hydrogen-bond acceptors (Lipinski definition) is 2. The van der Waals surface area contributed by atoms with Gasteiger partial charge in [0.2, 0.25) is 0 Å². The van der Waals surface area contributed by atoms with Crippen LogP contribution in [0.25, 0.3) is 10.9 Å². The number of fused-ring (bicyclic) bond motifs is 1. The van der Waals surface area contributed by atoms with E-state index in [4.69, 9.17) is 11.6 Å². The molecule has 0 amide bonds. The molecule has 0 aliphatic heterocycles. The van der Waals surface area contributed by atoms with Crippen molar-refractivity contribution < 1.29 is 5.11 Å². The fourth-order valence-electron chi connectivity index (χ4n) is 2.45. The molecule has 0 spiro atoms. The first-order valence-electron chi connectivity index (χ1n) is 6.55. The molecule has 3 rings (SSSR count). The van der Waals surface area contributed by atoms with Crippen molar-refractivity contribution >= 4 is 22.5 Å². The molecular formula is C16H15ClN2O. The molecule has 0 aliphatic carbocycles. The SMILES string of the molecule is OCc1cn(CCc2cccnc2)c2cc(Cl)ccc12. The van der Waals surface area contributed by atoms with Crippen molar-refractivity contribution in [2.24, 2.45) is 0 Å². The third kappa shape index (κ3) is 2.55. The van der Waals surface area contributed by atoms with Crippen molar-refractivity contribution in [2.75, 3.05) is 0 Å². The Kier molecular flexibility index (Phi) is 3.72. The Labute approximate surface area is 122 Å². The topological polar surface area (TPSA) is 38.0 Å². The zero-order valence-corrected chi connectivity index (χ0v) is 11.7. The van der Waals surface area contributed by atoms with Gasteiger partial charge >= 0.3 is 0 Å². The van der Waals surface area contributed by atoms with Gasteiger partial charge in [-0.3, -0.25) is 4.98 Å². The Balaban J connectivity index is 1.93. The Bertz CT molecular complexity index is 722. The fraction of sp³-hybridized carbons (Fsp3) is 0.188. The number of aryl methyl sites for hydroxylation is 2. The lowest BCUT2D eigenvalue weighted by atomic mass is 10.2. The summed E-state index contributed by atoms with van der Waals surface area (Å²) < 4.78 is 2.14. The summed E-state index contributed by atoms with van der Waals surface area (Å²) in [5, 5.41) is 11.2. The summed E-state index contributed by atoms with van der Waals surface area (Å²) in [5.41, 5.74) is 3.19. The highest BCUT2D eigenvalue weighted by molar-refractivity contribution is 6.31. The maximum atomic E-state index is 9.45. The second kappa shape index (κ2) is 5.65. The standard InChI is InChI=1S/C16H15ClN2O/c17-14-3-4-15-13(11-20)10-19(16(15)8-14)7-5-12-2-1-6-18-9-12/h1-4,6,8-10,20H,5,7,11H2. The van der Waals surface area contributed by atoms with Gasteiger partial charge in [0.25, 0.3) is 0 Å². The monoisotopic (exact) mass is 286 g/mol. The van der Waals surface area contributed by atoms with Gasteiger partial charge in [0, 0.05) is 46.6 Å². The first kappa shape index (κ1) is 13.2. The lowest BCUT2D eigenvalue weighted by Gasteiger charge is -2.05. The van der Waals surface area contributed by atoms with E-state index >= 15 is 0 Å². The van der Waals surface area contributed by atoms with E-state index in [0.29, 0.717) is 5.02 Å². The molecular weight excluding hydrogens is 272 g/mol. The van der Waals surface area contributed by atoms with Crippen LogP contribution in [0.15, 0.2) is 48.9 Å². The third-order valence-electron chi connectivity index (χ3n) is 3.46. The Morgan fingerprint density at radius 1 is 1.25 bits per heavy atom. The molecule has 0 unspecified atom stereocenters. The fourth-order valence-corrected chi connectivity index (χ4v) is 2.61. The van der Waals surface area contributed by atoms with Crippen LogP contribution in [0.1, 0.15) is 11.1 Å². The van der Waals surface area contributed by atoms with E-state index in [9.17, 15) is 5.11 Å². The van der Waals surface area contributed by atoms with Crippen LogP contribution in [0, 0.1) is 0 Å². The minimum atomic E-state index is 0.0397. The second-order valence-electron chi connectivity index (χ2n) is 4.78. The minimum absolute atomic E-state index is 0.0397. The van der Waals surface area contributed by atoms with Crippen molar-refractivity contribution in [3.8, 4) is 0 Å². The van der Waals surface area contributed by atoms with Gasteiger partial charge in [0.05, 0.1) is 6.61 Å². The van der Waals surface area contributed by atoms with E-state index in [1.54, 1.807) is 6.20 Å². The van der Waals surface area contributed by atoms with Crippen LogP contribution in [0.5, 0.6) is 0 Å². The van der Waals surface area contributed by atoms with E-state index in [1.807, 2.05) is 36.7 Å². The smallest absolute Gasteiger partial charge is 0.0702 e. The van der Waals surface area contributed by atoms with Gasteiger partial charge in [-0.1, -0.05) is 23.7 Å². The van der Waals surface area contributed by atoms with Gasteiger partial charge in [0.1, 0.15) is 0 Å². The number of aliphatic hydroxyl groups is 1. The molecule has 1 N–H and O–H groups in total. The molecule has 2 aromatic heterocycles. The van der Waals surface area contributed by atoms with Crippen LogP contribution >= 0.6 is 11.6 Å². The molecule has 0 saturated carbocycles. The van der Waals surface area contributed by atoms with Gasteiger partial charge in [-0.15, -0.1) is 0 Å². The highest BCUT2D eigenvalue weighted by atomic mass is 35.5.